The fourth-order valence-corrected chi connectivity index (χ4v) is 1.78. The van der Waals surface area contributed by atoms with Crippen molar-refractivity contribution < 1.29 is 4.79 Å². The Bertz CT molecular complexity index is 524. The molecular weight excluding hydrogens is 242 g/mol. The van der Waals surface area contributed by atoms with E-state index in [1.807, 2.05) is 0 Å². The van der Waals surface area contributed by atoms with Gasteiger partial charge in [0, 0.05) is 38.6 Å². The number of carbonyl (C=O) groups excluding carboxylic acids is 1. The molecule has 0 aliphatic carbocycles. The molecule has 0 bridgehead atoms. The number of nitrogens with one attached hydrogen (secondary N) is 3. The van der Waals surface area contributed by atoms with Crippen LogP contribution >= 0.6 is 0 Å². The predicted octanol–water partition coefficient (Wildman–Crippen LogP) is 1.21. The molecule has 2 rings (SSSR count). The zero-order valence-corrected chi connectivity index (χ0v) is 10.8. The van der Waals surface area contributed by atoms with Gasteiger partial charge in [-0.15, -0.1) is 0 Å². The number of aromatic nitrogens is 3. The van der Waals surface area contributed by atoms with Gasteiger partial charge in [-0.25, -0.2) is 9.97 Å². The maximum Gasteiger partial charge on any atom is 0.255 e. The van der Waals surface area contributed by atoms with Crippen molar-refractivity contribution in [1.82, 2.24) is 20.3 Å². The van der Waals surface area contributed by atoms with E-state index in [-0.39, 0.29) is 5.91 Å². The molecule has 2 heterocycles. The van der Waals surface area contributed by atoms with E-state index in [1.165, 1.54) is 0 Å². The van der Waals surface area contributed by atoms with Gasteiger partial charge in [-0.2, -0.15) is 0 Å². The van der Waals surface area contributed by atoms with E-state index in [1.54, 1.807) is 37.8 Å². The Morgan fingerprint density at radius 3 is 3.00 bits per heavy atom. The molecule has 2 aromatic rings. The molecule has 0 fully saturated rings. The van der Waals surface area contributed by atoms with Crippen LogP contribution in [0.1, 0.15) is 22.6 Å². The number of aryl methyl sites for hydroxylation is 1. The highest BCUT2D eigenvalue weighted by atomic mass is 16.1. The first-order valence-electron chi connectivity index (χ1n) is 6.20. The number of hydrogen-bond donors (Lipinski definition) is 3. The highest BCUT2D eigenvalue weighted by molar-refractivity contribution is 5.98. The molecule has 1 amide bonds. The molecule has 0 atom stereocenters. The lowest BCUT2D eigenvalue weighted by Crippen LogP contribution is -2.25. The van der Waals surface area contributed by atoms with Crippen molar-refractivity contribution in [2.45, 2.75) is 12.8 Å². The molecule has 0 unspecified atom stereocenters. The Hall–Kier alpha value is -2.37. The smallest absolute Gasteiger partial charge is 0.255 e. The molecule has 0 aliphatic heterocycles. The lowest BCUT2D eigenvalue weighted by atomic mass is 10.2. The van der Waals surface area contributed by atoms with E-state index in [4.69, 9.17) is 0 Å². The van der Waals surface area contributed by atoms with Gasteiger partial charge in [-0.1, -0.05) is 0 Å². The number of rotatable bonds is 6. The minimum Gasteiger partial charge on any atom is -0.372 e. The molecule has 6 heteroatoms. The molecule has 0 spiro atoms. The molecule has 0 saturated carbocycles. The third-order valence-corrected chi connectivity index (χ3v) is 2.72. The van der Waals surface area contributed by atoms with Gasteiger partial charge in [0.15, 0.2) is 0 Å². The lowest BCUT2D eigenvalue weighted by molar-refractivity contribution is 0.0953. The Morgan fingerprint density at radius 2 is 2.26 bits per heavy atom. The van der Waals surface area contributed by atoms with Crippen LogP contribution < -0.4 is 10.6 Å². The molecule has 100 valence electrons. The second kappa shape index (κ2) is 6.53. The predicted molar refractivity (Wildman–Crippen MR) is 73.0 cm³/mol. The van der Waals surface area contributed by atoms with Crippen LogP contribution in [0.3, 0.4) is 0 Å². The molecule has 3 N–H and O–H groups in total. The highest BCUT2D eigenvalue weighted by Gasteiger charge is 2.10. The van der Waals surface area contributed by atoms with Crippen molar-refractivity contribution in [1.29, 1.82) is 0 Å². The van der Waals surface area contributed by atoms with Crippen LogP contribution in [0.5, 0.6) is 0 Å². The fourth-order valence-electron chi connectivity index (χ4n) is 1.78. The number of carbonyl (C=O) groups is 1. The van der Waals surface area contributed by atoms with E-state index < -0.39 is 0 Å². The molecule has 0 radical (unpaired) electrons. The van der Waals surface area contributed by atoms with Crippen molar-refractivity contribution in [2.75, 3.05) is 18.9 Å². The van der Waals surface area contributed by atoms with Crippen LogP contribution in [0.2, 0.25) is 0 Å². The second-order valence-electron chi connectivity index (χ2n) is 4.04. The van der Waals surface area contributed by atoms with Gasteiger partial charge in [-0.3, -0.25) is 4.79 Å². The molecular formula is C13H17N5O. The van der Waals surface area contributed by atoms with Crippen LogP contribution in [0, 0.1) is 0 Å². The van der Waals surface area contributed by atoms with Gasteiger partial charge >= 0.3 is 0 Å². The van der Waals surface area contributed by atoms with Gasteiger partial charge in [0.05, 0.1) is 5.56 Å². The number of nitrogens with zero attached hydrogens (tertiary/aromatic N) is 2. The van der Waals surface area contributed by atoms with Gasteiger partial charge in [-0.05, 0) is 18.6 Å². The first-order chi connectivity index (χ1) is 9.31. The molecule has 0 saturated heterocycles. The largest absolute Gasteiger partial charge is 0.372 e. The minimum absolute atomic E-state index is 0.114. The average molecular weight is 259 g/mol. The quantitative estimate of drug-likeness (QED) is 0.681. The van der Waals surface area contributed by atoms with Crippen LogP contribution in [0.25, 0.3) is 0 Å². The summed E-state index contributed by atoms with van der Waals surface area (Å²) in [5.41, 5.74) is 0.558. The monoisotopic (exact) mass is 259 g/mol. The van der Waals surface area contributed by atoms with E-state index >= 15 is 0 Å². The maximum atomic E-state index is 12.0. The number of anilines is 1. The van der Waals surface area contributed by atoms with E-state index in [9.17, 15) is 4.79 Å². The summed E-state index contributed by atoms with van der Waals surface area (Å²) < 4.78 is 0. The van der Waals surface area contributed by atoms with Crippen molar-refractivity contribution in [3.8, 4) is 0 Å². The highest BCUT2D eigenvalue weighted by Crippen LogP contribution is 2.09. The third kappa shape index (κ3) is 3.54. The lowest BCUT2D eigenvalue weighted by Gasteiger charge is -2.08. The standard InChI is InChI=1S/C13H17N5O/c1-14-12-10(4-2-6-17-12)13(19)18-7-3-5-11-15-8-9-16-11/h2,4,6,8-9H,3,5,7H2,1H3,(H,14,17)(H,15,16)(H,18,19). The molecule has 0 aliphatic rings. The SMILES string of the molecule is CNc1ncccc1C(=O)NCCCc1ncc[nH]1. The first kappa shape index (κ1) is 13.1. The Morgan fingerprint density at radius 1 is 1.37 bits per heavy atom. The Labute approximate surface area is 111 Å². The summed E-state index contributed by atoms with van der Waals surface area (Å²) >= 11 is 0. The summed E-state index contributed by atoms with van der Waals surface area (Å²) in [6, 6.07) is 3.50. The fraction of sp³-hybridized carbons (Fsp3) is 0.308. The second-order valence-corrected chi connectivity index (χ2v) is 4.04. The first-order valence-corrected chi connectivity index (χ1v) is 6.20. The molecule has 2 aromatic heterocycles. The number of pyridine rings is 1. The summed E-state index contributed by atoms with van der Waals surface area (Å²) in [6.07, 6.45) is 6.83. The number of imidazole rings is 1. The summed E-state index contributed by atoms with van der Waals surface area (Å²) in [6.45, 7) is 0.609. The van der Waals surface area contributed by atoms with Gasteiger partial charge in [0.1, 0.15) is 11.6 Å². The number of aromatic amines is 1. The van der Waals surface area contributed by atoms with Crippen LogP contribution in [0.4, 0.5) is 5.82 Å². The van der Waals surface area contributed by atoms with Crippen LogP contribution in [-0.4, -0.2) is 34.5 Å². The van der Waals surface area contributed by atoms with Crippen molar-refractivity contribution in [3.63, 3.8) is 0 Å². The third-order valence-electron chi connectivity index (χ3n) is 2.72. The zero-order valence-electron chi connectivity index (χ0n) is 10.8. The van der Waals surface area contributed by atoms with Crippen molar-refractivity contribution >= 4 is 11.7 Å². The van der Waals surface area contributed by atoms with Crippen molar-refractivity contribution in [3.05, 3.63) is 42.1 Å². The summed E-state index contributed by atoms with van der Waals surface area (Å²) in [5, 5.41) is 5.78. The minimum atomic E-state index is -0.114. The van der Waals surface area contributed by atoms with Crippen LogP contribution in [-0.2, 0) is 6.42 Å². The number of amides is 1. The van der Waals surface area contributed by atoms with E-state index in [2.05, 4.69) is 25.6 Å². The Balaban J connectivity index is 1.81. The zero-order chi connectivity index (χ0) is 13.5. The van der Waals surface area contributed by atoms with Gasteiger partial charge in [0.25, 0.3) is 5.91 Å². The molecule has 6 nitrogen and oxygen atoms in total. The van der Waals surface area contributed by atoms with Gasteiger partial charge in [0.2, 0.25) is 0 Å². The summed E-state index contributed by atoms with van der Waals surface area (Å²) in [5.74, 6) is 1.41. The van der Waals surface area contributed by atoms with Crippen molar-refractivity contribution in [2.24, 2.45) is 0 Å². The molecule has 0 aromatic carbocycles. The Kier molecular flexibility index (Phi) is 4.49. The molecule has 19 heavy (non-hydrogen) atoms. The summed E-state index contributed by atoms with van der Waals surface area (Å²) in [7, 11) is 1.75. The maximum absolute atomic E-state index is 12.0. The van der Waals surface area contributed by atoms with E-state index in [0.717, 1.165) is 18.7 Å². The van der Waals surface area contributed by atoms with Gasteiger partial charge < -0.3 is 15.6 Å². The topological polar surface area (TPSA) is 82.7 Å². The van der Waals surface area contributed by atoms with Crippen LogP contribution in [0.15, 0.2) is 30.7 Å². The normalized spacial score (nSPS) is 10.2. The number of hydrogen-bond acceptors (Lipinski definition) is 4. The van der Waals surface area contributed by atoms with E-state index in [0.29, 0.717) is 17.9 Å². The summed E-state index contributed by atoms with van der Waals surface area (Å²) in [4.78, 5) is 23.2. The average Bonchev–Trinajstić information content (AvgIpc) is 2.96. The number of H-pyrrole nitrogens is 1.